The summed E-state index contributed by atoms with van der Waals surface area (Å²) in [6.45, 7) is 0.0242. The van der Waals surface area contributed by atoms with Crippen molar-refractivity contribution in [1.82, 2.24) is 4.90 Å². The van der Waals surface area contributed by atoms with Crippen LogP contribution in [0.5, 0.6) is 0 Å². The van der Waals surface area contributed by atoms with E-state index in [1.54, 1.807) is 48.5 Å². The molecule has 1 aliphatic carbocycles. The highest BCUT2D eigenvalue weighted by molar-refractivity contribution is 6.21. The monoisotopic (exact) mass is 362 g/mol. The smallest absolute Gasteiger partial charge is 0.261 e. The molecule has 2 aliphatic rings. The molecule has 1 heterocycles. The lowest BCUT2D eigenvalue weighted by Gasteiger charge is -2.13. The lowest BCUT2D eigenvalue weighted by Crippen LogP contribution is -2.32. The van der Waals surface area contributed by atoms with Gasteiger partial charge in [0.2, 0.25) is 5.91 Å². The number of benzene rings is 2. The fourth-order valence-corrected chi connectivity index (χ4v) is 3.18. The summed E-state index contributed by atoms with van der Waals surface area (Å²) in [5.41, 5.74) is 1.98. The zero-order chi connectivity index (χ0) is 19.0. The van der Waals surface area contributed by atoms with Crippen LogP contribution in [0.4, 0.5) is 5.69 Å². The Hall–Kier alpha value is -3.28. The molecule has 1 N–H and O–H groups in total. The second-order valence-corrected chi connectivity index (χ2v) is 6.82. The minimum Gasteiger partial charge on any atom is -0.326 e. The van der Waals surface area contributed by atoms with E-state index in [0.717, 1.165) is 17.7 Å². The first-order valence-electron chi connectivity index (χ1n) is 8.94. The zero-order valence-corrected chi connectivity index (χ0v) is 14.6. The van der Waals surface area contributed by atoms with E-state index in [1.165, 1.54) is 0 Å². The Morgan fingerprint density at radius 3 is 2.07 bits per heavy atom. The Bertz CT molecular complexity index is 910. The Labute approximate surface area is 156 Å². The molecular formula is C21H18N2O4. The molecule has 0 saturated heterocycles. The van der Waals surface area contributed by atoms with Crippen LogP contribution in [0.25, 0.3) is 0 Å². The van der Waals surface area contributed by atoms with Crippen molar-refractivity contribution < 1.29 is 19.2 Å². The number of hydrogen-bond donors (Lipinski definition) is 1. The summed E-state index contributed by atoms with van der Waals surface area (Å²) in [6.07, 6.45) is 1.92. The first-order valence-corrected chi connectivity index (χ1v) is 8.94. The van der Waals surface area contributed by atoms with E-state index in [4.69, 9.17) is 0 Å². The molecule has 1 saturated carbocycles. The van der Waals surface area contributed by atoms with Crippen LogP contribution in [0.2, 0.25) is 0 Å². The van der Waals surface area contributed by atoms with Gasteiger partial charge in [0, 0.05) is 30.1 Å². The van der Waals surface area contributed by atoms with Gasteiger partial charge in [-0.25, -0.2) is 0 Å². The van der Waals surface area contributed by atoms with Crippen molar-refractivity contribution in [3.05, 3.63) is 65.2 Å². The van der Waals surface area contributed by atoms with Crippen LogP contribution in [0.3, 0.4) is 0 Å². The van der Waals surface area contributed by atoms with E-state index in [9.17, 15) is 19.2 Å². The van der Waals surface area contributed by atoms with Crippen LogP contribution in [-0.2, 0) is 4.79 Å². The van der Waals surface area contributed by atoms with Gasteiger partial charge in [0.1, 0.15) is 0 Å². The fourth-order valence-electron chi connectivity index (χ4n) is 3.18. The Kier molecular flexibility index (Phi) is 4.32. The second kappa shape index (κ2) is 6.79. The van der Waals surface area contributed by atoms with E-state index in [1.807, 2.05) is 0 Å². The Morgan fingerprint density at radius 2 is 1.52 bits per heavy atom. The van der Waals surface area contributed by atoms with Gasteiger partial charge in [0.05, 0.1) is 11.1 Å². The molecule has 6 heteroatoms. The maximum Gasteiger partial charge on any atom is 0.261 e. The largest absolute Gasteiger partial charge is 0.326 e. The molecule has 2 aromatic carbocycles. The number of carbonyl (C=O) groups excluding carboxylic acids is 4. The zero-order valence-electron chi connectivity index (χ0n) is 14.6. The molecule has 0 aromatic heterocycles. The Balaban J connectivity index is 1.33. The van der Waals surface area contributed by atoms with Crippen molar-refractivity contribution in [1.29, 1.82) is 0 Å². The molecule has 1 aliphatic heterocycles. The number of anilines is 1. The van der Waals surface area contributed by atoms with Crippen molar-refractivity contribution in [2.45, 2.75) is 19.3 Å². The van der Waals surface area contributed by atoms with E-state index in [2.05, 4.69) is 5.32 Å². The molecule has 27 heavy (non-hydrogen) atoms. The van der Waals surface area contributed by atoms with Gasteiger partial charge in [-0.1, -0.05) is 12.1 Å². The summed E-state index contributed by atoms with van der Waals surface area (Å²) in [4.78, 5) is 49.8. The number of imide groups is 1. The maximum absolute atomic E-state index is 12.3. The van der Waals surface area contributed by atoms with Crippen LogP contribution in [0, 0.1) is 5.92 Å². The summed E-state index contributed by atoms with van der Waals surface area (Å²) in [5.74, 6) is -0.728. The van der Waals surface area contributed by atoms with Crippen LogP contribution >= 0.6 is 0 Å². The van der Waals surface area contributed by atoms with E-state index >= 15 is 0 Å². The molecule has 0 spiro atoms. The van der Waals surface area contributed by atoms with Gasteiger partial charge < -0.3 is 5.32 Å². The molecule has 0 atom stereocenters. The number of amides is 3. The molecule has 3 amide bonds. The van der Waals surface area contributed by atoms with Gasteiger partial charge in [0.15, 0.2) is 5.78 Å². The van der Waals surface area contributed by atoms with Gasteiger partial charge in [0.25, 0.3) is 11.8 Å². The summed E-state index contributed by atoms with van der Waals surface area (Å²) in [7, 11) is 0. The molecule has 4 rings (SSSR count). The lowest BCUT2D eigenvalue weighted by atomic mass is 10.1. The highest BCUT2D eigenvalue weighted by atomic mass is 16.2. The minimum atomic E-state index is -0.369. The van der Waals surface area contributed by atoms with Crippen LogP contribution < -0.4 is 5.32 Å². The standard InChI is InChI=1S/C21H18N2O4/c24-18(22-15-9-7-14(8-10-15)19(25)13-5-6-13)11-12-23-20(26)16-3-1-2-4-17(16)21(23)27/h1-4,7-10,13H,5-6,11-12H2,(H,22,24). The average Bonchev–Trinajstić information content (AvgIpc) is 3.50. The van der Waals surface area contributed by atoms with Crippen molar-refractivity contribution >= 4 is 29.2 Å². The number of ketones is 1. The number of Topliss-reactive ketones (excluding diaryl/α,β-unsaturated/α-hetero) is 1. The number of nitrogens with zero attached hydrogens (tertiary/aromatic N) is 1. The maximum atomic E-state index is 12.3. The molecule has 6 nitrogen and oxygen atoms in total. The van der Waals surface area contributed by atoms with Crippen LogP contribution in [0.1, 0.15) is 50.3 Å². The molecule has 2 aromatic rings. The highest BCUT2D eigenvalue weighted by Crippen LogP contribution is 2.32. The SMILES string of the molecule is O=C(CCN1C(=O)c2ccccc2C1=O)Nc1ccc(C(=O)C2CC2)cc1. The number of rotatable bonds is 6. The number of nitrogens with one attached hydrogen (secondary N) is 1. The second-order valence-electron chi connectivity index (χ2n) is 6.82. The van der Waals surface area contributed by atoms with E-state index in [0.29, 0.717) is 22.4 Å². The number of fused-ring (bicyclic) bond motifs is 1. The highest BCUT2D eigenvalue weighted by Gasteiger charge is 2.35. The van der Waals surface area contributed by atoms with Crippen molar-refractivity contribution in [2.24, 2.45) is 5.92 Å². The Morgan fingerprint density at radius 1 is 0.926 bits per heavy atom. The van der Waals surface area contributed by atoms with Crippen LogP contribution in [0.15, 0.2) is 48.5 Å². The molecule has 136 valence electrons. The topological polar surface area (TPSA) is 83.6 Å². The summed E-state index contributed by atoms with van der Waals surface area (Å²) in [5, 5.41) is 2.73. The van der Waals surface area contributed by atoms with Crippen LogP contribution in [-0.4, -0.2) is 34.9 Å². The summed E-state index contributed by atoms with van der Waals surface area (Å²) in [6, 6.07) is 13.4. The normalized spacial score (nSPS) is 15.6. The summed E-state index contributed by atoms with van der Waals surface area (Å²) < 4.78 is 0. The quantitative estimate of drug-likeness (QED) is 0.633. The molecule has 0 bridgehead atoms. The first-order chi connectivity index (χ1) is 13.0. The molecule has 1 fully saturated rings. The van der Waals surface area contributed by atoms with E-state index in [-0.39, 0.29) is 42.4 Å². The van der Waals surface area contributed by atoms with Gasteiger partial charge >= 0.3 is 0 Å². The fraction of sp³-hybridized carbons (Fsp3) is 0.238. The first kappa shape index (κ1) is 17.1. The lowest BCUT2D eigenvalue weighted by molar-refractivity contribution is -0.116. The predicted octanol–water partition coefficient (Wildman–Crippen LogP) is 2.90. The molecule has 0 unspecified atom stereocenters. The average molecular weight is 362 g/mol. The van der Waals surface area contributed by atoms with Gasteiger partial charge in [-0.05, 0) is 49.2 Å². The van der Waals surface area contributed by atoms with Gasteiger partial charge in [-0.15, -0.1) is 0 Å². The van der Waals surface area contributed by atoms with Gasteiger partial charge in [-0.3, -0.25) is 24.1 Å². The third-order valence-corrected chi connectivity index (χ3v) is 4.84. The molecule has 0 radical (unpaired) electrons. The third-order valence-electron chi connectivity index (χ3n) is 4.84. The van der Waals surface area contributed by atoms with E-state index < -0.39 is 0 Å². The van der Waals surface area contributed by atoms with Crippen molar-refractivity contribution in [3.8, 4) is 0 Å². The van der Waals surface area contributed by atoms with Gasteiger partial charge in [-0.2, -0.15) is 0 Å². The minimum absolute atomic E-state index is 0.00816. The summed E-state index contributed by atoms with van der Waals surface area (Å²) >= 11 is 0. The third kappa shape index (κ3) is 3.38. The van der Waals surface area contributed by atoms with Crippen molar-refractivity contribution in [2.75, 3.05) is 11.9 Å². The predicted molar refractivity (Wildman–Crippen MR) is 98.6 cm³/mol. The molecular weight excluding hydrogens is 344 g/mol. The number of carbonyl (C=O) groups is 4. The number of hydrogen-bond acceptors (Lipinski definition) is 4. The van der Waals surface area contributed by atoms with Crippen molar-refractivity contribution in [3.63, 3.8) is 0 Å².